The van der Waals surface area contributed by atoms with E-state index in [-0.39, 0.29) is 17.2 Å². The summed E-state index contributed by atoms with van der Waals surface area (Å²) in [4.78, 5) is 12.0. The van der Waals surface area contributed by atoms with Gasteiger partial charge in [-0.05, 0) is 36.2 Å². The van der Waals surface area contributed by atoms with Crippen molar-refractivity contribution in [2.75, 3.05) is 5.32 Å². The molecule has 2 rings (SSSR count). The molecular formula is C16H17NO2. The summed E-state index contributed by atoms with van der Waals surface area (Å²) in [6.45, 7) is 2.13. The second-order valence-electron chi connectivity index (χ2n) is 4.42. The number of carbonyl (C=O) groups excluding carboxylic acids is 1. The number of phenolic OH excluding ortho intramolecular Hbond substituents is 1. The predicted molar refractivity (Wildman–Crippen MR) is 76.5 cm³/mol. The van der Waals surface area contributed by atoms with Crippen molar-refractivity contribution >= 4 is 11.6 Å². The van der Waals surface area contributed by atoms with Crippen LogP contribution < -0.4 is 5.32 Å². The van der Waals surface area contributed by atoms with E-state index in [1.165, 1.54) is 11.6 Å². The van der Waals surface area contributed by atoms with Gasteiger partial charge in [-0.15, -0.1) is 0 Å². The number of amides is 1. The molecule has 0 bridgehead atoms. The fourth-order valence-corrected chi connectivity index (χ4v) is 1.91. The largest absolute Gasteiger partial charge is 0.507 e. The smallest absolute Gasteiger partial charge is 0.259 e. The lowest BCUT2D eigenvalue weighted by molar-refractivity contribution is 0.102. The highest BCUT2D eigenvalue weighted by Gasteiger charge is 2.09. The van der Waals surface area contributed by atoms with Gasteiger partial charge in [-0.2, -0.15) is 0 Å². The lowest BCUT2D eigenvalue weighted by atomic mass is 10.1. The number of nitrogens with one attached hydrogen (secondary N) is 1. The molecule has 0 aliphatic heterocycles. The molecule has 0 aromatic heterocycles. The average molecular weight is 255 g/mol. The average Bonchev–Trinajstić information content (AvgIpc) is 2.42. The number of anilines is 1. The van der Waals surface area contributed by atoms with Crippen LogP contribution in [0, 0.1) is 0 Å². The van der Waals surface area contributed by atoms with E-state index in [0.717, 1.165) is 18.5 Å². The molecular weight excluding hydrogens is 238 g/mol. The molecule has 0 fully saturated rings. The molecule has 0 atom stereocenters. The van der Waals surface area contributed by atoms with Gasteiger partial charge >= 0.3 is 0 Å². The molecule has 0 aliphatic carbocycles. The lowest BCUT2D eigenvalue weighted by Crippen LogP contribution is -2.11. The van der Waals surface area contributed by atoms with Gasteiger partial charge < -0.3 is 10.4 Å². The maximum atomic E-state index is 12.0. The first-order chi connectivity index (χ1) is 9.20. The minimum Gasteiger partial charge on any atom is -0.507 e. The number of hydrogen-bond acceptors (Lipinski definition) is 2. The monoisotopic (exact) mass is 255 g/mol. The van der Waals surface area contributed by atoms with Crippen molar-refractivity contribution in [3.05, 3.63) is 59.7 Å². The Kier molecular flexibility index (Phi) is 4.18. The van der Waals surface area contributed by atoms with Crippen molar-refractivity contribution in [1.29, 1.82) is 0 Å². The van der Waals surface area contributed by atoms with Crippen LogP contribution in [0.1, 0.15) is 29.3 Å². The summed E-state index contributed by atoms with van der Waals surface area (Å²) < 4.78 is 0. The van der Waals surface area contributed by atoms with Crippen LogP contribution >= 0.6 is 0 Å². The molecule has 0 aliphatic rings. The van der Waals surface area contributed by atoms with Crippen LogP contribution in [0.25, 0.3) is 0 Å². The fourth-order valence-electron chi connectivity index (χ4n) is 1.91. The summed E-state index contributed by atoms with van der Waals surface area (Å²) in [7, 11) is 0. The highest BCUT2D eigenvalue weighted by Crippen LogP contribution is 2.18. The maximum Gasteiger partial charge on any atom is 0.259 e. The Bertz CT molecular complexity index is 561. The third-order valence-corrected chi connectivity index (χ3v) is 2.90. The van der Waals surface area contributed by atoms with Crippen LogP contribution in [0.3, 0.4) is 0 Å². The van der Waals surface area contributed by atoms with Crippen molar-refractivity contribution in [2.45, 2.75) is 19.8 Å². The number of para-hydroxylation sites is 1. The van der Waals surface area contributed by atoms with Crippen LogP contribution in [-0.4, -0.2) is 11.0 Å². The SMILES string of the molecule is CCCc1ccc(NC(=O)c2ccccc2O)cc1. The molecule has 0 saturated carbocycles. The number of phenols is 1. The van der Waals surface area contributed by atoms with E-state index in [4.69, 9.17) is 0 Å². The van der Waals surface area contributed by atoms with Crippen LogP contribution in [0.2, 0.25) is 0 Å². The third-order valence-electron chi connectivity index (χ3n) is 2.90. The summed E-state index contributed by atoms with van der Waals surface area (Å²) in [6.07, 6.45) is 2.14. The van der Waals surface area contributed by atoms with Crippen molar-refractivity contribution in [3.63, 3.8) is 0 Å². The molecule has 0 radical (unpaired) electrons. The summed E-state index contributed by atoms with van der Waals surface area (Å²) in [5.41, 5.74) is 2.26. The Hall–Kier alpha value is -2.29. The van der Waals surface area contributed by atoms with E-state index in [2.05, 4.69) is 12.2 Å². The molecule has 0 saturated heterocycles. The van der Waals surface area contributed by atoms with Gasteiger partial charge in [0.1, 0.15) is 5.75 Å². The molecule has 19 heavy (non-hydrogen) atoms. The number of aryl methyl sites for hydroxylation is 1. The summed E-state index contributed by atoms with van der Waals surface area (Å²) >= 11 is 0. The maximum absolute atomic E-state index is 12.0. The molecule has 2 N–H and O–H groups in total. The Morgan fingerprint density at radius 2 is 1.79 bits per heavy atom. The van der Waals surface area contributed by atoms with Gasteiger partial charge in [0, 0.05) is 5.69 Å². The number of hydrogen-bond donors (Lipinski definition) is 2. The van der Waals surface area contributed by atoms with Gasteiger partial charge in [0.2, 0.25) is 0 Å². The molecule has 0 unspecified atom stereocenters. The normalized spacial score (nSPS) is 10.2. The zero-order chi connectivity index (χ0) is 13.7. The second kappa shape index (κ2) is 6.05. The third kappa shape index (κ3) is 3.35. The van der Waals surface area contributed by atoms with E-state index in [9.17, 15) is 9.90 Å². The van der Waals surface area contributed by atoms with Crippen molar-refractivity contribution in [1.82, 2.24) is 0 Å². The highest BCUT2D eigenvalue weighted by atomic mass is 16.3. The van der Waals surface area contributed by atoms with Crippen molar-refractivity contribution in [2.24, 2.45) is 0 Å². The van der Waals surface area contributed by atoms with Crippen LogP contribution in [0.4, 0.5) is 5.69 Å². The minimum atomic E-state index is -0.304. The Morgan fingerprint density at radius 1 is 1.11 bits per heavy atom. The summed E-state index contributed by atoms with van der Waals surface area (Å²) in [5.74, 6) is -0.316. The van der Waals surface area contributed by atoms with Crippen LogP contribution in [-0.2, 0) is 6.42 Å². The standard InChI is InChI=1S/C16H17NO2/c1-2-5-12-8-10-13(11-9-12)17-16(19)14-6-3-4-7-15(14)18/h3-4,6-11,18H,2,5H2,1H3,(H,17,19). The van der Waals surface area contributed by atoms with E-state index in [1.54, 1.807) is 18.2 Å². The van der Waals surface area contributed by atoms with Crippen LogP contribution in [0.5, 0.6) is 5.75 Å². The first-order valence-electron chi connectivity index (χ1n) is 6.39. The van der Waals surface area contributed by atoms with Crippen LogP contribution in [0.15, 0.2) is 48.5 Å². The minimum absolute atomic E-state index is 0.0115. The molecule has 2 aromatic rings. The van der Waals surface area contributed by atoms with Gasteiger partial charge in [-0.3, -0.25) is 4.79 Å². The molecule has 98 valence electrons. The predicted octanol–water partition coefficient (Wildman–Crippen LogP) is 3.60. The molecule has 1 amide bonds. The Labute approximate surface area is 112 Å². The molecule has 3 heteroatoms. The van der Waals surface area contributed by atoms with Crippen molar-refractivity contribution in [3.8, 4) is 5.75 Å². The molecule has 0 heterocycles. The van der Waals surface area contributed by atoms with E-state index in [0.29, 0.717) is 0 Å². The molecule has 2 aromatic carbocycles. The van der Waals surface area contributed by atoms with Gasteiger partial charge in [0.25, 0.3) is 5.91 Å². The van der Waals surface area contributed by atoms with Gasteiger partial charge in [-0.25, -0.2) is 0 Å². The van der Waals surface area contributed by atoms with Crippen molar-refractivity contribution < 1.29 is 9.90 Å². The first-order valence-corrected chi connectivity index (χ1v) is 6.39. The number of carbonyl (C=O) groups is 1. The van der Waals surface area contributed by atoms with E-state index >= 15 is 0 Å². The Morgan fingerprint density at radius 3 is 2.42 bits per heavy atom. The molecule has 0 spiro atoms. The first kappa shape index (κ1) is 13.1. The zero-order valence-electron chi connectivity index (χ0n) is 10.9. The zero-order valence-corrected chi connectivity index (χ0v) is 10.9. The number of benzene rings is 2. The topological polar surface area (TPSA) is 49.3 Å². The molecule has 3 nitrogen and oxygen atoms in total. The highest BCUT2D eigenvalue weighted by molar-refractivity contribution is 6.06. The fraction of sp³-hybridized carbons (Fsp3) is 0.188. The number of rotatable bonds is 4. The quantitative estimate of drug-likeness (QED) is 0.877. The van der Waals surface area contributed by atoms with E-state index in [1.807, 2.05) is 24.3 Å². The van der Waals surface area contributed by atoms with Gasteiger partial charge in [0.05, 0.1) is 5.56 Å². The Balaban J connectivity index is 2.09. The van der Waals surface area contributed by atoms with E-state index < -0.39 is 0 Å². The summed E-state index contributed by atoms with van der Waals surface area (Å²) in [5, 5.41) is 12.4. The number of aromatic hydroxyl groups is 1. The van der Waals surface area contributed by atoms with Gasteiger partial charge in [-0.1, -0.05) is 37.6 Å². The second-order valence-corrected chi connectivity index (χ2v) is 4.42. The lowest BCUT2D eigenvalue weighted by Gasteiger charge is -2.07. The van der Waals surface area contributed by atoms with Gasteiger partial charge in [0.15, 0.2) is 0 Å². The summed E-state index contributed by atoms with van der Waals surface area (Å²) in [6, 6.07) is 14.3.